The predicted molar refractivity (Wildman–Crippen MR) is 102 cm³/mol. The number of methoxy groups -OCH3 is 1. The molecule has 0 radical (unpaired) electrons. The lowest BCUT2D eigenvalue weighted by Crippen LogP contribution is -2.36. The number of fused-ring (bicyclic) bond motifs is 1. The van der Waals surface area contributed by atoms with Crippen LogP contribution >= 0.6 is 0 Å². The van der Waals surface area contributed by atoms with Gasteiger partial charge in [-0.15, -0.1) is 0 Å². The highest BCUT2D eigenvalue weighted by molar-refractivity contribution is 5.95. The van der Waals surface area contributed by atoms with Gasteiger partial charge in [0.05, 0.1) is 13.7 Å². The second-order valence-corrected chi connectivity index (χ2v) is 6.39. The monoisotopic (exact) mass is 385 g/mol. The maximum atomic E-state index is 13.0. The Hall–Kier alpha value is -3.22. The summed E-state index contributed by atoms with van der Waals surface area (Å²) in [6.45, 7) is 2.84. The van der Waals surface area contributed by atoms with Crippen molar-refractivity contribution in [3.63, 3.8) is 0 Å². The van der Waals surface area contributed by atoms with Crippen molar-refractivity contribution in [3.8, 4) is 17.2 Å². The Bertz CT molecular complexity index is 879. The van der Waals surface area contributed by atoms with Gasteiger partial charge in [-0.25, -0.2) is 4.79 Å². The van der Waals surface area contributed by atoms with Crippen LogP contribution in [-0.4, -0.2) is 48.8 Å². The summed E-state index contributed by atoms with van der Waals surface area (Å²) in [4.78, 5) is 25.5. The van der Waals surface area contributed by atoms with Gasteiger partial charge < -0.3 is 24.2 Å². The molecular weight excluding hydrogens is 362 g/mol. The third-order valence-electron chi connectivity index (χ3n) is 4.55. The first-order valence-electron chi connectivity index (χ1n) is 9.08. The molecule has 3 rings (SSSR count). The molecule has 0 aliphatic carbocycles. The topological polar surface area (TPSA) is 85.3 Å². The van der Waals surface area contributed by atoms with Crippen LogP contribution in [0.25, 0.3) is 0 Å². The van der Waals surface area contributed by atoms with Gasteiger partial charge in [-0.2, -0.15) is 0 Å². The Balaban J connectivity index is 1.79. The number of amides is 1. The summed E-state index contributed by atoms with van der Waals surface area (Å²) in [5.41, 5.74) is 2.76. The van der Waals surface area contributed by atoms with Crippen LogP contribution in [0, 0.1) is 0 Å². The van der Waals surface area contributed by atoms with Gasteiger partial charge in [0, 0.05) is 18.7 Å². The Labute approximate surface area is 163 Å². The molecule has 0 atom stereocenters. The van der Waals surface area contributed by atoms with Crippen LogP contribution in [0.4, 0.5) is 0 Å². The second-order valence-electron chi connectivity index (χ2n) is 6.39. The fourth-order valence-corrected chi connectivity index (χ4v) is 3.18. The second kappa shape index (κ2) is 8.65. The Morgan fingerprint density at radius 3 is 2.61 bits per heavy atom. The van der Waals surface area contributed by atoms with Crippen molar-refractivity contribution in [3.05, 3.63) is 53.1 Å². The molecular formula is C21H23NO6. The van der Waals surface area contributed by atoms with Crippen molar-refractivity contribution in [1.29, 1.82) is 0 Å². The summed E-state index contributed by atoms with van der Waals surface area (Å²) in [5, 5.41) is 8.79. The smallest absolute Gasteiger partial charge is 0.341 e. The van der Waals surface area contributed by atoms with Gasteiger partial charge in [0.2, 0.25) is 0 Å². The molecule has 0 spiro atoms. The Morgan fingerprint density at radius 2 is 1.89 bits per heavy atom. The zero-order chi connectivity index (χ0) is 20.1. The highest BCUT2D eigenvalue weighted by atomic mass is 16.5. The average Bonchev–Trinajstić information content (AvgIpc) is 2.71. The summed E-state index contributed by atoms with van der Waals surface area (Å²) in [5.74, 6) is 0.235. The van der Waals surface area contributed by atoms with Gasteiger partial charge in [-0.05, 0) is 54.8 Å². The van der Waals surface area contributed by atoms with E-state index < -0.39 is 12.6 Å². The molecule has 0 aromatic heterocycles. The number of benzene rings is 2. The van der Waals surface area contributed by atoms with Crippen molar-refractivity contribution < 1.29 is 28.9 Å². The molecule has 0 bridgehead atoms. The minimum atomic E-state index is -1.08. The summed E-state index contributed by atoms with van der Waals surface area (Å²) in [7, 11) is 1.62. The fourth-order valence-electron chi connectivity index (χ4n) is 3.18. The number of rotatable bonds is 7. The molecule has 1 amide bonds. The zero-order valence-electron chi connectivity index (χ0n) is 15.9. The van der Waals surface area contributed by atoms with E-state index in [1.165, 1.54) is 5.56 Å². The number of carbonyl (C=O) groups excluding carboxylic acids is 1. The van der Waals surface area contributed by atoms with Crippen LogP contribution in [0.15, 0.2) is 36.4 Å². The molecule has 2 aromatic carbocycles. The van der Waals surface area contributed by atoms with E-state index in [0.717, 1.165) is 17.7 Å². The Morgan fingerprint density at radius 1 is 1.07 bits per heavy atom. The summed E-state index contributed by atoms with van der Waals surface area (Å²) >= 11 is 0. The number of nitrogens with zero attached hydrogens (tertiary/aromatic N) is 1. The molecule has 7 nitrogen and oxygen atoms in total. The summed E-state index contributed by atoms with van der Waals surface area (Å²) in [6, 6.07) is 10.7. The molecule has 1 aliphatic heterocycles. The van der Waals surface area contributed by atoms with Crippen molar-refractivity contribution >= 4 is 11.9 Å². The molecule has 0 saturated carbocycles. The normalized spacial score (nSPS) is 12.9. The number of carbonyl (C=O) groups is 2. The van der Waals surface area contributed by atoms with Gasteiger partial charge in [-0.1, -0.05) is 6.07 Å². The van der Waals surface area contributed by atoms with Gasteiger partial charge in [-0.3, -0.25) is 4.79 Å². The van der Waals surface area contributed by atoms with E-state index in [0.29, 0.717) is 36.8 Å². The number of carboxylic acid groups (broad SMARTS) is 1. The summed E-state index contributed by atoms with van der Waals surface area (Å²) < 4.78 is 16.0. The molecule has 2 aromatic rings. The van der Waals surface area contributed by atoms with Crippen molar-refractivity contribution in [2.24, 2.45) is 0 Å². The van der Waals surface area contributed by atoms with Crippen molar-refractivity contribution in [2.75, 3.05) is 26.9 Å². The van der Waals surface area contributed by atoms with Gasteiger partial charge in [0.25, 0.3) is 5.91 Å². The average molecular weight is 385 g/mol. The molecule has 1 N–H and O–H groups in total. The Kier molecular flexibility index (Phi) is 6.03. The van der Waals surface area contributed by atoms with E-state index in [9.17, 15) is 9.59 Å². The number of hydrogen-bond donors (Lipinski definition) is 1. The van der Waals surface area contributed by atoms with E-state index in [1.807, 2.05) is 25.1 Å². The van der Waals surface area contributed by atoms with Crippen LogP contribution in [0.5, 0.6) is 17.2 Å². The van der Waals surface area contributed by atoms with Gasteiger partial charge >= 0.3 is 5.97 Å². The predicted octanol–water partition coefficient (Wildman–Crippen LogP) is 2.76. The van der Waals surface area contributed by atoms with E-state index in [4.69, 9.17) is 19.3 Å². The van der Waals surface area contributed by atoms with Crippen LogP contribution in [-0.2, 0) is 17.8 Å². The largest absolute Gasteiger partial charge is 0.497 e. The van der Waals surface area contributed by atoms with Crippen LogP contribution in [0.2, 0.25) is 0 Å². The first-order valence-corrected chi connectivity index (χ1v) is 9.08. The van der Waals surface area contributed by atoms with E-state index in [-0.39, 0.29) is 5.91 Å². The highest BCUT2D eigenvalue weighted by Gasteiger charge is 2.23. The minimum absolute atomic E-state index is 0.112. The molecule has 0 saturated heterocycles. The molecule has 7 heteroatoms. The highest BCUT2D eigenvalue weighted by Crippen LogP contribution is 2.30. The van der Waals surface area contributed by atoms with E-state index >= 15 is 0 Å². The lowest BCUT2D eigenvalue weighted by atomic mass is 9.98. The number of ether oxygens (including phenoxy) is 3. The minimum Gasteiger partial charge on any atom is -0.497 e. The van der Waals surface area contributed by atoms with Crippen LogP contribution < -0.4 is 14.2 Å². The third kappa shape index (κ3) is 4.36. The van der Waals surface area contributed by atoms with Gasteiger partial charge in [0.1, 0.15) is 5.75 Å². The number of carboxylic acids is 1. The fraction of sp³-hybridized carbons (Fsp3) is 0.333. The summed E-state index contributed by atoms with van der Waals surface area (Å²) in [6.07, 6.45) is 0.781. The number of hydrogen-bond acceptors (Lipinski definition) is 5. The molecule has 0 unspecified atom stereocenters. The molecule has 1 heterocycles. The SMILES string of the molecule is CCOc1cc(C(=O)N2CCc3ccc(OC)cc3C2)ccc1OCC(=O)O. The van der Waals surface area contributed by atoms with E-state index in [2.05, 4.69) is 0 Å². The maximum absolute atomic E-state index is 13.0. The molecule has 148 valence electrons. The van der Waals surface area contributed by atoms with E-state index in [1.54, 1.807) is 30.2 Å². The van der Waals surface area contributed by atoms with Crippen molar-refractivity contribution in [2.45, 2.75) is 19.9 Å². The zero-order valence-corrected chi connectivity index (χ0v) is 15.9. The first-order chi connectivity index (χ1) is 13.5. The lowest BCUT2D eigenvalue weighted by Gasteiger charge is -2.29. The standard InChI is InChI=1S/C21H23NO6/c1-3-27-19-11-15(5-7-18(19)28-13-20(23)24)21(25)22-9-8-14-4-6-17(26-2)10-16(14)12-22/h4-7,10-11H,3,8-9,12-13H2,1-2H3,(H,23,24). The van der Waals surface area contributed by atoms with Crippen LogP contribution in [0.1, 0.15) is 28.4 Å². The van der Waals surface area contributed by atoms with Crippen molar-refractivity contribution in [1.82, 2.24) is 4.90 Å². The molecule has 0 fully saturated rings. The number of aliphatic carboxylic acids is 1. The molecule has 1 aliphatic rings. The first kappa shape index (κ1) is 19.5. The van der Waals surface area contributed by atoms with Gasteiger partial charge in [0.15, 0.2) is 18.1 Å². The third-order valence-corrected chi connectivity index (χ3v) is 4.55. The maximum Gasteiger partial charge on any atom is 0.341 e. The lowest BCUT2D eigenvalue weighted by molar-refractivity contribution is -0.139. The molecule has 28 heavy (non-hydrogen) atoms. The van der Waals surface area contributed by atoms with Crippen LogP contribution in [0.3, 0.4) is 0 Å². The quantitative estimate of drug-likeness (QED) is 0.789.